The first-order chi connectivity index (χ1) is 7.21. The van der Waals surface area contributed by atoms with Gasteiger partial charge in [-0.1, -0.05) is 0 Å². The molecule has 0 spiro atoms. The summed E-state index contributed by atoms with van der Waals surface area (Å²) in [6, 6.07) is 4.06. The number of hydrogen-bond acceptors (Lipinski definition) is 3. The molecule has 3 nitrogen and oxygen atoms in total. The number of nitrogens with one attached hydrogen (secondary N) is 1. The molecule has 0 bridgehead atoms. The van der Waals surface area contributed by atoms with Crippen LogP contribution >= 0.6 is 0 Å². The van der Waals surface area contributed by atoms with E-state index in [4.69, 9.17) is 5.73 Å². The highest BCUT2D eigenvalue weighted by atomic mass is 14.9. The van der Waals surface area contributed by atoms with Crippen molar-refractivity contribution in [3.63, 3.8) is 0 Å². The van der Waals surface area contributed by atoms with Crippen LogP contribution in [0.3, 0.4) is 0 Å². The van der Waals surface area contributed by atoms with Crippen LogP contribution in [-0.4, -0.2) is 18.1 Å². The summed E-state index contributed by atoms with van der Waals surface area (Å²) >= 11 is 0. The van der Waals surface area contributed by atoms with Gasteiger partial charge < -0.3 is 11.1 Å². The van der Waals surface area contributed by atoms with Crippen molar-refractivity contribution in [1.29, 1.82) is 0 Å². The van der Waals surface area contributed by atoms with Crippen molar-refractivity contribution in [2.45, 2.75) is 25.3 Å². The zero-order chi connectivity index (χ0) is 10.7. The Labute approximate surface area is 91.1 Å². The van der Waals surface area contributed by atoms with E-state index in [2.05, 4.69) is 17.2 Å². The highest BCUT2D eigenvalue weighted by Crippen LogP contribution is 2.32. The van der Waals surface area contributed by atoms with Crippen molar-refractivity contribution in [3.05, 3.63) is 30.1 Å². The van der Waals surface area contributed by atoms with Gasteiger partial charge in [-0.25, -0.2) is 0 Å². The number of piperidine rings is 1. The summed E-state index contributed by atoms with van der Waals surface area (Å²) in [6.45, 7) is 4.31. The van der Waals surface area contributed by atoms with Gasteiger partial charge in [-0.3, -0.25) is 4.98 Å². The van der Waals surface area contributed by atoms with Crippen molar-refractivity contribution in [2.24, 2.45) is 11.7 Å². The zero-order valence-corrected chi connectivity index (χ0v) is 9.24. The normalized spacial score (nSPS) is 22.3. The molecule has 82 valence electrons. The van der Waals surface area contributed by atoms with E-state index in [9.17, 15) is 0 Å². The second-order valence-electron chi connectivity index (χ2n) is 4.54. The fraction of sp³-hybridized carbons (Fsp3) is 0.583. The molecule has 0 aliphatic carbocycles. The van der Waals surface area contributed by atoms with Gasteiger partial charge in [0, 0.05) is 17.9 Å². The van der Waals surface area contributed by atoms with Crippen LogP contribution in [-0.2, 0) is 5.54 Å². The van der Waals surface area contributed by atoms with Crippen LogP contribution in [0.1, 0.15) is 25.3 Å². The molecule has 0 aromatic carbocycles. The third-order valence-electron chi connectivity index (χ3n) is 3.49. The summed E-state index contributed by atoms with van der Waals surface area (Å²) in [4.78, 5) is 4.04. The van der Waals surface area contributed by atoms with Crippen molar-refractivity contribution < 1.29 is 0 Å². The molecule has 0 amide bonds. The minimum Gasteiger partial charge on any atom is -0.321 e. The van der Waals surface area contributed by atoms with Crippen LogP contribution in [0.15, 0.2) is 24.5 Å². The smallest absolute Gasteiger partial charge is 0.0411 e. The summed E-state index contributed by atoms with van der Waals surface area (Å²) in [6.07, 6.45) is 5.97. The summed E-state index contributed by atoms with van der Waals surface area (Å²) in [5.74, 6) is 0.571. The first kappa shape index (κ1) is 10.6. The van der Waals surface area contributed by atoms with Crippen molar-refractivity contribution in [3.8, 4) is 0 Å². The van der Waals surface area contributed by atoms with E-state index < -0.39 is 0 Å². The molecule has 1 aromatic rings. The maximum Gasteiger partial charge on any atom is 0.0411 e. The van der Waals surface area contributed by atoms with Crippen LogP contribution in [0.25, 0.3) is 0 Å². The number of hydrogen-bond donors (Lipinski definition) is 2. The van der Waals surface area contributed by atoms with Gasteiger partial charge in [0.25, 0.3) is 0 Å². The number of nitrogens with two attached hydrogens (primary N) is 1. The van der Waals surface area contributed by atoms with Gasteiger partial charge in [0.2, 0.25) is 0 Å². The molecule has 1 aliphatic rings. The Morgan fingerprint density at radius 1 is 1.33 bits per heavy atom. The molecule has 1 aromatic heterocycles. The third kappa shape index (κ3) is 2.19. The van der Waals surface area contributed by atoms with E-state index in [1.54, 1.807) is 0 Å². The Bertz CT molecular complexity index is 302. The minimum absolute atomic E-state index is 0.217. The van der Waals surface area contributed by atoms with Gasteiger partial charge in [-0.2, -0.15) is 0 Å². The number of aromatic nitrogens is 1. The molecule has 1 fully saturated rings. The van der Waals surface area contributed by atoms with Gasteiger partial charge in [0.15, 0.2) is 0 Å². The SMILES string of the molecule is CC(N)(c1ccncc1)C1CCNCC1. The Balaban J connectivity index is 2.18. The quantitative estimate of drug-likeness (QED) is 0.764. The lowest BCUT2D eigenvalue weighted by Gasteiger charge is -2.37. The lowest BCUT2D eigenvalue weighted by Crippen LogP contribution is -2.46. The molecule has 1 aliphatic heterocycles. The van der Waals surface area contributed by atoms with E-state index in [1.807, 2.05) is 24.5 Å². The Kier molecular flexibility index (Phi) is 3.03. The molecular formula is C12H19N3. The van der Waals surface area contributed by atoms with Crippen LogP contribution in [0.5, 0.6) is 0 Å². The first-order valence-electron chi connectivity index (χ1n) is 5.61. The summed E-state index contributed by atoms with van der Waals surface area (Å²) < 4.78 is 0. The molecule has 0 saturated carbocycles. The lowest BCUT2D eigenvalue weighted by atomic mass is 9.76. The second kappa shape index (κ2) is 4.29. The molecular weight excluding hydrogens is 186 g/mol. The van der Waals surface area contributed by atoms with Gasteiger partial charge in [0.1, 0.15) is 0 Å². The first-order valence-corrected chi connectivity index (χ1v) is 5.61. The minimum atomic E-state index is -0.217. The standard InChI is InChI=1S/C12H19N3/c1-12(13,10-2-6-14-7-3-10)11-4-8-15-9-5-11/h2-3,6-7,11,15H,4-5,8-9,13H2,1H3. The molecule has 1 atom stereocenters. The summed E-state index contributed by atoms with van der Waals surface area (Å²) in [7, 11) is 0. The van der Waals surface area contributed by atoms with E-state index >= 15 is 0 Å². The van der Waals surface area contributed by atoms with Gasteiger partial charge >= 0.3 is 0 Å². The molecule has 1 unspecified atom stereocenters. The van der Waals surface area contributed by atoms with Gasteiger partial charge in [0.05, 0.1) is 0 Å². The highest BCUT2D eigenvalue weighted by Gasteiger charge is 2.32. The Hall–Kier alpha value is -0.930. The Morgan fingerprint density at radius 3 is 2.53 bits per heavy atom. The fourth-order valence-electron chi connectivity index (χ4n) is 2.37. The van der Waals surface area contributed by atoms with Crippen LogP contribution < -0.4 is 11.1 Å². The predicted molar refractivity (Wildman–Crippen MR) is 61.4 cm³/mol. The van der Waals surface area contributed by atoms with Crippen LogP contribution in [0, 0.1) is 5.92 Å². The monoisotopic (exact) mass is 205 g/mol. The van der Waals surface area contributed by atoms with E-state index in [0.29, 0.717) is 5.92 Å². The molecule has 0 radical (unpaired) electrons. The number of pyridine rings is 1. The van der Waals surface area contributed by atoms with Crippen LogP contribution in [0.4, 0.5) is 0 Å². The predicted octanol–water partition coefficient (Wildman–Crippen LogP) is 1.26. The molecule has 2 heterocycles. The summed E-state index contributed by atoms with van der Waals surface area (Å²) in [5, 5.41) is 3.37. The zero-order valence-electron chi connectivity index (χ0n) is 9.24. The molecule has 1 saturated heterocycles. The third-order valence-corrected chi connectivity index (χ3v) is 3.49. The van der Waals surface area contributed by atoms with E-state index in [0.717, 1.165) is 25.9 Å². The number of rotatable bonds is 2. The molecule has 2 rings (SSSR count). The maximum atomic E-state index is 6.46. The maximum absolute atomic E-state index is 6.46. The average Bonchev–Trinajstić information content (AvgIpc) is 2.31. The van der Waals surface area contributed by atoms with E-state index in [1.165, 1.54) is 5.56 Å². The second-order valence-corrected chi connectivity index (χ2v) is 4.54. The van der Waals surface area contributed by atoms with E-state index in [-0.39, 0.29) is 5.54 Å². The largest absolute Gasteiger partial charge is 0.321 e. The Morgan fingerprint density at radius 2 is 1.93 bits per heavy atom. The van der Waals surface area contributed by atoms with Crippen molar-refractivity contribution in [2.75, 3.05) is 13.1 Å². The van der Waals surface area contributed by atoms with Crippen LogP contribution in [0.2, 0.25) is 0 Å². The highest BCUT2D eigenvalue weighted by molar-refractivity contribution is 5.21. The number of nitrogens with zero attached hydrogens (tertiary/aromatic N) is 1. The van der Waals surface area contributed by atoms with Crippen molar-refractivity contribution in [1.82, 2.24) is 10.3 Å². The topological polar surface area (TPSA) is 50.9 Å². The molecule has 3 heteroatoms. The van der Waals surface area contributed by atoms with Gasteiger partial charge in [-0.15, -0.1) is 0 Å². The van der Waals surface area contributed by atoms with Gasteiger partial charge in [-0.05, 0) is 56.5 Å². The fourth-order valence-corrected chi connectivity index (χ4v) is 2.37. The summed E-state index contributed by atoms with van der Waals surface area (Å²) in [5.41, 5.74) is 7.44. The lowest BCUT2D eigenvalue weighted by molar-refractivity contribution is 0.234. The molecule has 3 N–H and O–H groups in total. The molecule has 15 heavy (non-hydrogen) atoms. The average molecular weight is 205 g/mol. The van der Waals surface area contributed by atoms with Crippen molar-refractivity contribution >= 4 is 0 Å².